The Labute approximate surface area is 91.0 Å². The molecule has 0 spiro atoms. The van der Waals surface area contributed by atoms with Crippen LogP contribution in [0.4, 0.5) is 18.9 Å². The number of alkyl halides is 3. The number of aliphatic imine (C=N–C) groups is 1. The van der Waals surface area contributed by atoms with Gasteiger partial charge >= 0.3 is 6.18 Å². The van der Waals surface area contributed by atoms with Gasteiger partial charge in [-0.1, -0.05) is 0 Å². The molecular weight excluding hydrogens is 217 g/mol. The molecular formula is C11H11F3N2. The van der Waals surface area contributed by atoms with Gasteiger partial charge in [0.1, 0.15) is 5.84 Å². The molecule has 0 radical (unpaired) electrons. The summed E-state index contributed by atoms with van der Waals surface area (Å²) in [5.74, 6) is 0.835. The summed E-state index contributed by atoms with van der Waals surface area (Å²) in [5.41, 5.74) is 5.46. The van der Waals surface area contributed by atoms with Crippen LogP contribution in [0.2, 0.25) is 0 Å². The molecule has 2 N–H and O–H groups in total. The third kappa shape index (κ3) is 2.53. The van der Waals surface area contributed by atoms with E-state index in [0.29, 0.717) is 17.4 Å². The van der Waals surface area contributed by atoms with Gasteiger partial charge in [-0.3, -0.25) is 0 Å². The van der Waals surface area contributed by atoms with E-state index in [9.17, 15) is 13.2 Å². The van der Waals surface area contributed by atoms with E-state index in [2.05, 4.69) is 4.99 Å². The van der Waals surface area contributed by atoms with Crippen molar-refractivity contribution in [2.24, 2.45) is 16.6 Å². The Morgan fingerprint density at radius 1 is 1.19 bits per heavy atom. The molecule has 0 heterocycles. The van der Waals surface area contributed by atoms with E-state index in [-0.39, 0.29) is 0 Å². The van der Waals surface area contributed by atoms with Crippen LogP contribution in [0.25, 0.3) is 0 Å². The molecule has 2 rings (SSSR count). The number of hydrogen-bond acceptors (Lipinski definition) is 1. The van der Waals surface area contributed by atoms with Crippen LogP contribution >= 0.6 is 0 Å². The molecule has 86 valence electrons. The van der Waals surface area contributed by atoms with E-state index >= 15 is 0 Å². The van der Waals surface area contributed by atoms with Gasteiger partial charge in [0.05, 0.1) is 11.3 Å². The summed E-state index contributed by atoms with van der Waals surface area (Å²) in [6.45, 7) is 0. The second-order valence-corrected chi connectivity index (χ2v) is 3.86. The van der Waals surface area contributed by atoms with Crippen LogP contribution in [0, 0.1) is 5.92 Å². The number of nitrogens with zero attached hydrogens (tertiary/aromatic N) is 1. The third-order valence-corrected chi connectivity index (χ3v) is 2.45. The van der Waals surface area contributed by atoms with Crippen molar-refractivity contribution in [2.75, 3.05) is 0 Å². The van der Waals surface area contributed by atoms with Crippen LogP contribution < -0.4 is 5.73 Å². The lowest BCUT2D eigenvalue weighted by molar-refractivity contribution is -0.137. The number of rotatable bonds is 2. The molecule has 1 aromatic rings. The van der Waals surface area contributed by atoms with Crippen molar-refractivity contribution in [3.05, 3.63) is 29.8 Å². The lowest BCUT2D eigenvalue weighted by Gasteiger charge is -2.06. The predicted octanol–water partition coefficient (Wildman–Crippen LogP) is 3.10. The number of benzene rings is 1. The monoisotopic (exact) mass is 228 g/mol. The van der Waals surface area contributed by atoms with E-state index in [4.69, 9.17) is 5.73 Å². The lowest BCUT2D eigenvalue weighted by Crippen LogP contribution is -2.13. The van der Waals surface area contributed by atoms with E-state index in [1.165, 1.54) is 12.1 Å². The van der Waals surface area contributed by atoms with Crippen LogP contribution in [0.5, 0.6) is 0 Å². The SMILES string of the molecule is NC(=Nc1ccc(C(F)(F)F)cc1)C1CC1. The lowest BCUT2D eigenvalue weighted by atomic mass is 10.2. The minimum absolute atomic E-state index is 0.322. The van der Waals surface area contributed by atoms with Crippen molar-refractivity contribution in [1.29, 1.82) is 0 Å². The second-order valence-electron chi connectivity index (χ2n) is 3.86. The van der Waals surface area contributed by atoms with Gasteiger partial charge in [0.2, 0.25) is 0 Å². The maximum absolute atomic E-state index is 12.3. The Morgan fingerprint density at radius 2 is 1.75 bits per heavy atom. The highest BCUT2D eigenvalue weighted by Gasteiger charge is 2.30. The average Bonchev–Trinajstić information content (AvgIpc) is 3.00. The first kappa shape index (κ1) is 11.0. The zero-order valence-corrected chi connectivity index (χ0v) is 8.46. The molecule has 16 heavy (non-hydrogen) atoms. The summed E-state index contributed by atoms with van der Waals surface area (Å²) in [6.07, 6.45) is -2.25. The minimum atomic E-state index is -4.30. The quantitative estimate of drug-likeness (QED) is 0.613. The Bertz CT molecular complexity index is 402. The van der Waals surface area contributed by atoms with Crippen molar-refractivity contribution >= 4 is 11.5 Å². The Hall–Kier alpha value is -1.52. The van der Waals surface area contributed by atoms with Crippen molar-refractivity contribution in [1.82, 2.24) is 0 Å². The van der Waals surface area contributed by atoms with Gasteiger partial charge in [0, 0.05) is 5.92 Å². The molecule has 0 bridgehead atoms. The first-order valence-electron chi connectivity index (χ1n) is 4.98. The van der Waals surface area contributed by atoms with Crippen molar-refractivity contribution in [2.45, 2.75) is 19.0 Å². The second kappa shape index (κ2) is 3.81. The van der Waals surface area contributed by atoms with Gasteiger partial charge < -0.3 is 5.73 Å². The summed E-state index contributed by atoms with van der Waals surface area (Å²) in [5, 5.41) is 0. The van der Waals surface area contributed by atoms with Crippen LogP contribution in [0.15, 0.2) is 29.3 Å². The first-order valence-corrected chi connectivity index (χ1v) is 4.98. The van der Waals surface area contributed by atoms with E-state index in [1.807, 2.05) is 0 Å². The number of hydrogen-bond donors (Lipinski definition) is 1. The van der Waals surface area contributed by atoms with Gasteiger partial charge in [-0.25, -0.2) is 4.99 Å². The van der Waals surface area contributed by atoms with Crippen LogP contribution in [-0.4, -0.2) is 5.84 Å². The Morgan fingerprint density at radius 3 is 2.19 bits per heavy atom. The highest BCUT2D eigenvalue weighted by molar-refractivity contribution is 5.87. The smallest absolute Gasteiger partial charge is 0.387 e. The topological polar surface area (TPSA) is 38.4 Å². The zero-order valence-electron chi connectivity index (χ0n) is 8.46. The highest BCUT2D eigenvalue weighted by atomic mass is 19.4. The predicted molar refractivity (Wildman–Crippen MR) is 55.5 cm³/mol. The molecule has 1 saturated carbocycles. The highest BCUT2D eigenvalue weighted by Crippen LogP contribution is 2.32. The fourth-order valence-corrected chi connectivity index (χ4v) is 1.34. The van der Waals surface area contributed by atoms with Gasteiger partial charge in [-0.2, -0.15) is 13.2 Å². The molecule has 0 amide bonds. The van der Waals surface area contributed by atoms with Crippen molar-refractivity contribution in [3.63, 3.8) is 0 Å². The van der Waals surface area contributed by atoms with Crippen LogP contribution in [-0.2, 0) is 6.18 Å². The third-order valence-electron chi connectivity index (χ3n) is 2.45. The largest absolute Gasteiger partial charge is 0.416 e. The van der Waals surface area contributed by atoms with Gasteiger partial charge in [0.25, 0.3) is 0 Å². The summed E-state index contributed by atoms with van der Waals surface area (Å²) in [4.78, 5) is 4.07. The maximum atomic E-state index is 12.3. The number of nitrogens with two attached hydrogens (primary N) is 1. The molecule has 5 heteroatoms. The molecule has 0 unspecified atom stereocenters. The van der Waals surface area contributed by atoms with E-state index in [0.717, 1.165) is 25.0 Å². The number of amidine groups is 1. The fraction of sp³-hybridized carbons (Fsp3) is 0.364. The molecule has 0 aromatic heterocycles. The summed E-state index contributed by atoms with van der Waals surface area (Å²) in [6, 6.07) is 4.69. The zero-order chi connectivity index (χ0) is 11.8. The average molecular weight is 228 g/mol. The minimum Gasteiger partial charge on any atom is -0.387 e. The molecule has 1 fully saturated rings. The van der Waals surface area contributed by atoms with Crippen LogP contribution in [0.3, 0.4) is 0 Å². The van der Waals surface area contributed by atoms with Gasteiger partial charge in [-0.05, 0) is 37.1 Å². The number of halogens is 3. The first-order chi connectivity index (χ1) is 7.47. The van der Waals surface area contributed by atoms with Crippen molar-refractivity contribution in [3.8, 4) is 0 Å². The van der Waals surface area contributed by atoms with Gasteiger partial charge in [-0.15, -0.1) is 0 Å². The Balaban J connectivity index is 2.16. The fourth-order valence-electron chi connectivity index (χ4n) is 1.34. The summed E-state index contributed by atoms with van der Waals surface area (Å²) < 4.78 is 36.8. The standard InChI is InChI=1S/C11H11F3N2/c12-11(13,14)8-3-5-9(6-4-8)16-10(15)7-1-2-7/h3-7H,1-2H2,(H2,15,16). The van der Waals surface area contributed by atoms with E-state index in [1.54, 1.807) is 0 Å². The molecule has 0 atom stereocenters. The Kier molecular flexibility index (Phi) is 2.61. The summed E-state index contributed by atoms with van der Waals surface area (Å²) >= 11 is 0. The molecule has 1 aromatic carbocycles. The van der Waals surface area contributed by atoms with Gasteiger partial charge in [0.15, 0.2) is 0 Å². The molecule has 0 aliphatic heterocycles. The molecule has 1 aliphatic carbocycles. The maximum Gasteiger partial charge on any atom is 0.416 e. The normalized spacial score (nSPS) is 17.6. The summed E-state index contributed by atoms with van der Waals surface area (Å²) in [7, 11) is 0. The van der Waals surface area contributed by atoms with E-state index < -0.39 is 11.7 Å². The van der Waals surface area contributed by atoms with Crippen molar-refractivity contribution < 1.29 is 13.2 Å². The molecule has 1 aliphatic rings. The molecule has 0 saturated heterocycles. The molecule has 2 nitrogen and oxygen atoms in total. The van der Waals surface area contributed by atoms with Crippen LogP contribution in [0.1, 0.15) is 18.4 Å².